The van der Waals surface area contributed by atoms with Crippen LogP contribution in [-0.4, -0.2) is 98.4 Å². The maximum Gasteiger partial charge on any atom is 0.255 e. The molecule has 4 N–H and O–H groups in total. The van der Waals surface area contributed by atoms with Gasteiger partial charge >= 0.3 is 0 Å². The topological polar surface area (TPSA) is 168 Å². The lowest BCUT2D eigenvalue weighted by molar-refractivity contribution is -0.137. The molecular formula is C44H50Cl2FN9O5. The van der Waals surface area contributed by atoms with Gasteiger partial charge in [-0.3, -0.25) is 29.2 Å². The lowest BCUT2D eigenvalue weighted by Crippen LogP contribution is -2.52. The Morgan fingerprint density at radius 1 is 1.05 bits per heavy atom. The number of carbonyl (C=O) groups is 4. The summed E-state index contributed by atoms with van der Waals surface area (Å²) in [6.45, 7) is 7.26. The van der Waals surface area contributed by atoms with Crippen LogP contribution >= 0.6 is 23.2 Å². The molecule has 0 radical (unpaired) electrons. The quantitative estimate of drug-likeness (QED) is 0.0669. The number of carbonyl (C=O) groups excluding carboxylic acids is 4. The molecular weight excluding hydrogens is 824 g/mol. The van der Waals surface area contributed by atoms with Crippen molar-refractivity contribution in [1.29, 1.82) is 0 Å². The first-order valence-corrected chi connectivity index (χ1v) is 21.8. The van der Waals surface area contributed by atoms with Gasteiger partial charge in [-0.05, 0) is 75.9 Å². The second kappa shape index (κ2) is 18.4. The number of halogens is 3. The van der Waals surface area contributed by atoms with E-state index in [4.69, 9.17) is 33.7 Å². The van der Waals surface area contributed by atoms with Crippen molar-refractivity contribution in [1.82, 2.24) is 34.8 Å². The number of rotatable bonds is 15. The molecule has 6 heterocycles. The Morgan fingerprint density at radius 2 is 1.85 bits per heavy atom. The lowest BCUT2D eigenvalue weighted by atomic mass is 9.98. The van der Waals surface area contributed by atoms with Crippen molar-refractivity contribution in [2.75, 3.05) is 50.3 Å². The van der Waals surface area contributed by atoms with Gasteiger partial charge in [-0.1, -0.05) is 35.7 Å². The number of fused-ring (bicyclic) bond motifs is 1. The van der Waals surface area contributed by atoms with E-state index in [1.807, 2.05) is 27.9 Å². The van der Waals surface area contributed by atoms with Gasteiger partial charge < -0.3 is 30.5 Å². The molecule has 3 saturated heterocycles. The van der Waals surface area contributed by atoms with Crippen LogP contribution in [0.4, 0.5) is 15.9 Å². The van der Waals surface area contributed by atoms with Gasteiger partial charge in [0.15, 0.2) is 11.6 Å². The van der Waals surface area contributed by atoms with Gasteiger partial charge in [0.05, 0.1) is 17.3 Å². The Labute approximate surface area is 363 Å². The van der Waals surface area contributed by atoms with Gasteiger partial charge in [-0.25, -0.2) is 9.37 Å². The van der Waals surface area contributed by atoms with Crippen LogP contribution in [0.5, 0.6) is 5.75 Å². The van der Waals surface area contributed by atoms with Crippen molar-refractivity contribution in [3.63, 3.8) is 0 Å². The average Bonchev–Trinajstić information content (AvgIpc) is 3.86. The summed E-state index contributed by atoms with van der Waals surface area (Å²) in [5.74, 6) is -0.247. The Hall–Kier alpha value is -5.25. The molecule has 2 aromatic heterocycles. The number of pyridine rings is 1. The molecule has 61 heavy (non-hydrogen) atoms. The number of hydrogen-bond donors (Lipinski definition) is 3. The molecule has 2 atom stereocenters. The van der Waals surface area contributed by atoms with Crippen molar-refractivity contribution in [3.8, 4) is 16.9 Å². The number of anilines is 2. The number of unbranched alkanes of at least 4 members (excludes halogenated alkanes) is 2. The van der Waals surface area contributed by atoms with Crippen LogP contribution in [0.15, 0.2) is 55.0 Å². The summed E-state index contributed by atoms with van der Waals surface area (Å²) in [6, 6.07) is 9.61. The number of likely N-dealkylation sites (tertiary alicyclic amines) is 2. The maximum absolute atomic E-state index is 14.2. The fourth-order valence-corrected chi connectivity index (χ4v) is 9.56. The van der Waals surface area contributed by atoms with E-state index in [1.54, 1.807) is 36.4 Å². The lowest BCUT2D eigenvalue weighted by Gasteiger charge is -2.39. The van der Waals surface area contributed by atoms with E-state index in [-0.39, 0.29) is 46.0 Å². The molecule has 8 rings (SSSR count). The number of piperidine rings is 2. The molecule has 4 aliphatic rings. The third-order valence-electron chi connectivity index (χ3n) is 12.4. The van der Waals surface area contributed by atoms with Crippen molar-refractivity contribution < 1.29 is 28.3 Å². The van der Waals surface area contributed by atoms with Gasteiger partial charge in [0, 0.05) is 109 Å². The number of imide groups is 1. The Morgan fingerprint density at radius 3 is 2.64 bits per heavy atom. The highest BCUT2D eigenvalue weighted by molar-refractivity contribution is 6.36. The van der Waals surface area contributed by atoms with Crippen LogP contribution in [0.2, 0.25) is 10.0 Å². The number of aromatic nitrogens is 3. The van der Waals surface area contributed by atoms with Crippen LogP contribution in [0.25, 0.3) is 11.1 Å². The predicted molar refractivity (Wildman–Crippen MR) is 230 cm³/mol. The smallest absolute Gasteiger partial charge is 0.255 e. The van der Waals surface area contributed by atoms with E-state index < -0.39 is 23.9 Å². The van der Waals surface area contributed by atoms with Crippen LogP contribution in [-0.2, 0) is 20.9 Å². The second-order valence-electron chi connectivity index (χ2n) is 16.5. The first-order chi connectivity index (χ1) is 29.4. The zero-order chi connectivity index (χ0) is 42.8. The van der Waals surface area contributed by atoms with Crippen molar-refractivity contribution in [2.45, 2.75) is 83.0 Å². The first-order valence-electron chi connectivity index (χ1n) is 21.0. The minimum Gasteiger partial charge on any atom is -0.482 e. The van der Waals surface area contributed by atoms with Gasteiger partial charge in [0.2, 0.25) is 17.7 Å². The van der Waals surface area contributed by atoms with Crippen LogP contribution in [0, 0.1) is 11.7 Å². The summed E-state index contributed by atoms with van der Waals surface area (Å²) in [5, 5.41) is 10.7. The molecule has 1 unspecified atom stereocenters. The van der Waals surface area contributed by atoms with Crippen LogP contribution in [0.3, 0.4) is 0 Å². The number of hydrogen-bond acceptors (Lipinski definition) is 10. The van der Waals surface area contributed by atoms with E-state index in [9.17, 15) is 23.6 Å². The van der Waals surface area contributed by atoms with Crippen LogP contribution < -0.4 is 21.1 Å². The number of nitrogens with one attached hydrogen (secondary N) is 2. The molecule has 322 valence electrons. The minimum atomic E-state index is -0.691. The average molecular weight is 875 g/mol. The number of nitrogen functional groups attached to an aromatic ring is 1. The summed E-state index contributed by atoms with van der Waals surface area (Å²) in [6.07, 6.45) is 10.4. The fourth-order valence-electron chi connectivity index (χ4n) is 8.88. The van der Waals surface area contributed by atoms with E-state index >= 15 is 0 Å². The zero-order valence-corrected chi connectivity index (χ0v) is 35.6. The Kier molecular flexibility index (Phi) is 12.8. The highest BCUT2D eigenvalue weighted by Crippen LogP contribution is 2.38. The number of amides is 4. The number of ether oxygens (including phenoxy) is 1. The van der Waals surface area contributed by atoms with Crippen molar-refractivity contribution in [2.24, 2.45) is 5.92 Å². The summed E-state index contributed by atoms with van der Waals surface area (Å²) >= 11 is 12.5. The minimum absolute atomic E-state index is 0.102. The Bertz CT molecular complexity index is 2310. The number of nitrogens with zero attached hydrogens (tertiary/aromatic N) is 6. The summed E-state index contributed by atoms with van der Waals surface area (Å²) in [5.41, 5.74) is 10.5. The number of benzene rings is 2. The highest BCUT2D eigenvalue weighted by atomic mass is 35.5. The SMILES string of the molecule is C[C@@H](Oc1cc(-c2cnn(C3CCN(C(=O)CCCCCN4CC(CNc5cccc6c5CN(C5CCC(=O)NC5=O)C6=O)C4)CC3)c2)cnc1N)c1c(Cl)ccc(F)c1Cl. The van der Waals surface area contributed by atoms with Gasteiger partial charge in [-0.2, -0.15) is 5.10 Å². The largest absolute Gasteiger partial charge is 0.482 e. The van der Waals surface area contributed by atoms with Gasteiger partial charge in [0.25, 0.3) is 5.91 Å². The molecule has 0 bridgehead atoms. The molecule has 0 aliphatic carbocycles. The van der Waals surface area contributed by atoms with E-state index in [1.165, 1.54) is 12.1 Å². The Balaban J connectivity index is 0.718. The molecule has 14 nitrogen and oxygen atoms in total. The number of nitrogens with two attached hydrogens (primary N) is 1. The monoisotopic (exact) mass is 873 g/mol. The maximum atomic E-state index is 14.2. The molecule has 17 heteroatoms. The molecule has 0 spiro atoms. The third kappa shape index (κ3) is 9.33. The molecule has 2 aromatic carbocycles. The molecule has 4 aromatic rings. The highest BCUT2D eigenvalue weighted by Gasteiger charge is 2.40. The van der Waals surface area contributed by atoms with E-state index in [2.05, 4.69) is 25.6 Å². The normalized spacial score (nSPS) is 19.1. The predicted octanol–water partition coefficient (Wildman–Crippen LogP) is 6.64. The summed E-state index contributed by atoms with van der Waals surface area (Å²) in [7, 11) is 0. The fraction of sp³-hybridized carbons (Fsp3) is 0.455. The molecule has 4 aliphatic heterocycles. The summed E-state index contributed by atoms with van der Waals surface area (Å²) in [4.78, 5) is 60.6. The standard InChI is InChI=1S/C44H50Cl2FN9O5/c1-26(40-33(45)9-10-34(47)41(40)46)61-37-18-28(20-50-42(37)48)29-21-51-56(24-29)30-13-16-54(17-14-30)39(58)8-3-2-4-15-53-22-27(23-53)19-49-35-7-5-6-31-32(35)25-55(44(31)60)36-11-12-38(57)52-43(36)59/h5-7,9-10,18,20-21,24,26-27,30,36,49H,2-4,8,11-17,19,22-23,25H2,1H3,(H2,48,50)(H,52,57,59)/t26-,36?/m1/s1. The van der Waals surface area contributed by atoms with E-state index in [0.29, 0.717) is 55.3 Å². The molecule has 3 fully saturated rings. The van der Waals surface area contributed by atoms with Crippen LogP contribution in [0.1, 0.15) is 91.9 Å². The van der Waals surface area contributed by atoms with Gasteiger partial charge in [0.1, 0.15) is 18.0 Å². The van der Waals surface area contributed by atoms with Gasteiger partial charge in [-0.15, -0.1) is 0 Å². The first kappa shape index (κ1) is 42.4. The molecule has 0 saturated carbocycles. The zero-order valence-electron chi connectivity index (χ0n) is 34.0. The van der Waals surface area contributed by atoms with E-state index in [0.717, 1.165) is 80.7 Å². The molecule has 4 amide bonds. The summed E-state index contributed by atoms with van der Waals surface area (Å²) < 4.78 is 22.2. The third-order valence-corrected chi connectivity index (χ3v) is 13.1. The van der Waals surface area contributed by atoms with Crippen molar-refractivity contribution in [3.05, 3.63) is 87.5 Å². The second-order valence-corrected chi connectivity index (χ2v) is 17.3. The van der Waals surface area contributed by atoms with Crippen molar-refractivity contribution >= 4 is 58.3 Å².